The minimum absolute atomic E-state index is 0.582. The van der Waals surface area contributed by atoms with Gasteiger partial charge in [0.25, 0.3) is 0 Å². The van der Waals surface area contributed by atoms with Crippen LogP contribution in [0.2, 0.25) is 0 Å². The lowest BCUT2D eigenvalue weighted by molar-refractivity contribution is 0.171. The van der Waals surface area contributed by atoms with Crippen LogP contribution in [0, 0.1) is 6.92 Å². The van der Waals surface area contributed by atoms with Crippen molar-refractivity contribution < 1.29 is 0 Å². The third-order valence-electron chi connectivity index (χ3n) is 4.54. The molecule has 4 nitrogen and oxygen atoms in total. The maximum absolute atomic E-state index is 4.56. The molecule has 21 heavy (non-hydrogen) atoms. The van der Waals surface area contributed by atoms with Crippen molar-refractivity contribution in [2.75, 3.05) is 25.0 Å². The van der Waals surface area contributed by atoms with Crippen LogP contribution in [0.25, 0.3) is 10.2 Å². The lowest BCUT2D eigenvalue weighted by Gasteiger charge is -2.39. The van der Waals surface area contributed by atoms with Gasteiger partial charge in [-0.15, -0.1) is 11.3 Å². The SMILES string of the molecule is Cc1cc2c(N(C)C3CCN(C(C)C)CC3)ncnc2s1. The molecule has 1 saturated heterocycles. The van der Waals surface area contributed by atoms with Crippen LogP contribution in [0.1, 0.15) is 31.6 Å². The van der Waals surface area contributed by atoms with Crippen molar-refractivity contribution in [2.24, 2.45) is 0 Å². The predicted molar refractivity (Wildman–Crippen MR) is 90.3 cm³/mol. The van der Waals surface area contributed by atoms with Crippen molar-refractivity contribution >= 4 is 27.4 Å². The van der Waals surface area contributed by atoms with E-state index >= 15 is 0 Å². The molecule has 0 N–H and O–H groups in total. The Morgan fingerprint density at radius 2 is 2.00 bits per heavy atom. The highest BCUT2D eigenvalue weighted by Gasteiger charge is 2.25. The molecule has 1 aliphatic rings. The Morgan fingerprint density at radius 3 is 2.67 bits per heavy atom. The van der Waals surface area contributed by atoms with Gasteiger partial charge in [-0.05, 0) is 39.7 Å². The second-order valence-electron chi connectivity index (χ2n) is 6.24. The van der Waals surface area contributed by atoms with E-state index in [9.17, 15) is 0 Å². The monoisotopic (exact) mass is 304 g/mol. The van der Waals surface area contributed by atoms with E-state index in [1.807, 2.05) is 0 Å². The lowest BCUT2D eigenvalue weighted by atomic mass is 10.0. The fraction of sp³-hybridized carbons (Fsp3) is 0.625. The Bertz CT molecular complexity index is 614. The smallest absolute Gasteiger partial charge is 0.140 e. The number of fused-ring (bicyclic) bond motifs is 1. The highest BCUT2D eigenvalue weighted by Crippen LogP contribution is 2.31. The Hall–Kier alpha value is -1.20. The highest BCUT2D eigenvalue weighted by molar-refractivity contribution is 7.18. The molecule has 1 fully saturated rings. The molecule has 2 aromatic rings. The first-order valence-electron chi connectivity index (χ1n) is 7.74. The number of anilines is 1. The molecule has 1 aliphatic heterocycles. The molecule has 0 spiro atoms. The summed E-state index contributed by atoms with van der Waals surface area (Å²) in [6.07, 6.45) is 4.12. The highest BCUT2D eigenvalue weighted by atomic mass is 32.1. The topological polar surface area (TPSA) is 32.3 Å². The molecule has 0 amide bonds. The largest absolute Gasteiger partial charge is 0.356 e. The molecule has 0 unspecified atom stereocenters. The summed E-state index contributed by atoms with van der Waals surface area (Å²) >= 11 is 1.75. The van der Waals surface area contributed by atoms with Gasteiger partial charge in [-0.25, -0.2) is 9.97 Å². The molecule has 0 atom stereocenters. The fourth-order valence-corrected chi connectivity index (χ4v) is 4.05. The van der Waals surface area contributed by atoms with Gasteiger partial charge in [0.05, 0.1) is 5.39 Å². The van der Waals surface area contributed by atoms with Gasteiger partial charge in [-0.1, -0.05) is 0 Å². The average Bonchev–Trinajstić information content (AvgIpc) is 2.86. The first kappa shape index (κ1) is 14.7. The van der Waals surface area contributed by atoms with E-state index in [-0.39, 0.29) is 0 Å². The number of aromatic nitrogens is 2. The van der Waals surface area contributed by atoms with Gasteiger partial charge < -0.3 is 9.80 Å². The molecule has 0 aromatic carbocycles. The minimum Gasteiger partial charge on any atom is -0.356 e. The molecule has 5 heteroatoms. The van der Waals surface area contributed by atoms with Crippen LogP contribution in [-0.2, 0) is 0 Å². The Morgan fingerprint density at radius 1 is 1.29 bits per heavy atom. The number of rotatable bonds is 3. The van der Waals surface area contributed by atoms with Crippen LogP contribution in [0.5, 0.6) is 0 Å². The summed E-state index contributed by atoms with van der Waals surface area (Å²) in [4.78, 5) is 16.3. The number of aryl methyl sites for hydroxylation is 1. The minimum atomic E-state index is 0.582. The van der Waals surface area contributed by atoms with Crippen LogP contribution in [-0.4, -0.2) is 47.1 Å². The molecule has 3 heterocycles. The molecule has 114 valence electrons. The van der Waals surface area contributed by atoms with Gasteiger partial charge in [-0.2, -0.15) is 0 Å². The van der Waals surface area contributed by atoms with E-state index in [2.05, 4.69) is 53.7 Å². The van der Waals surface area contributed by atoms with Crippen molar-refractivity contribution in [3.8, 4) is 0 Å². The number of hydrogen-bond acceptors (Lipinski definition) is 5. The summed E-state index contributed by atoms with van der Waals surface area (Å²) < 4.78 is 0. The van der Waals surface area contributed by atoms with Gasteiger partial charge in [-0.3, -0.25) is 0 Å². The molecule has 0 aliphatic carbocycles. The average molecular weight is 304 g/mol. The maximum atomic E-state index is 4.56. The second kappa shape index (κ2) is 5.89. The van der Waals surface area contributed by atoms with Gasteiger partial charge in [0, 0.05) is 37.1 Å². The number of nitrogens with zero attached hydrogens (tertiary/aromatic N) is 4. The number of thiophene rings is 1. The van der Waals surface area contributed by atoms with Crippen LogP contribution in [0.15, 0.2) is 12.4 Å². The summed E-state index contributed by atoms with van der Waals surface area (Å²) in [5.74, 6) is 1.09. The summed E-state index contributed by atoms with van der Waals surface area (Å²) in [5.41, 5.74) is 0. The third-order valence-corrected chi connectivity index (χ3v) is 5.50. The summed E-state index contributed by atoms with van der Waals surface area (Å²) in [6, 6.07) is 3.45. The van der Waals surface area contributed by atoms with E-state index < -0.39 is 0 Å². The first-order valence-corrected chi connectivity index (χ1v) is 8.56. The predicted octanol–water partition coefficient (Wildman–Crippen LogP) is 3.31. The normalized spacial score (nSPS) is 17.8. The Kier molecular flexibility index (Phi) is 4.13. The van der Waals surface area contributed by atoms with E-state index in [0.717, 1.165) is 10.6 Å². The second-order valence-corrected chi connectivity index (χ2v) is 7.48. The third kappa shape index (κ3) is 2.90. The molecular weight excluding hydrogens is 280 g/mol. The molecule has 0 saturated carbocycles. The van der Waals surface area contributed by atoms with E-state index in [1.54, 1.807) is 17.7 Å². The Labute approximate surface area is 130 Å². The number of hydrogen-bond donors (Lipinski definition) is 0. The summed E-state index contributed by atoms with van der Waals surface area (Å²) in [7, 11) is 2.18. The molecule has 2 aromatic heterocycles. The standard InChI is InChI=1S/C16H24N4S/c1-11(2)20-7-5-13(6-8-20)19(4)15-14-9-12(3)21-16(14)18-10-17-15/h9-11,13H,5-8H2,1-4H3. The molecular formula is C16H24N4S. The van der Waals surface area contributed by atoms with E-state index in [4.69, 9.17) is 0 Å². The fourth-order valence-electron chi connectivity index (χ4n) is 3.21. The lowest BCUT2D eigenvalue weighted by Crippen LogP contribution is -2.46. The van der Waals surface area contributed by atoms with Crippen molar-refractivity contribution in [1.29, 1.82) is 0 Å². The maximum Gasteiger partial charge on any atom is 0.140 e. The zero-order valence-electron chi connectivity index (χ0n) is 13.3. The first-order chi connectivity index (χ1) is 10.1. The van der Waals surface area contributed by atoms with Crippen LogP contribution < -0.4 is 4.90 Å². The number of piperidine rings is 1. The zero-order valence-corrected chi connectivity index (χ0v) is 14.2. The van der Waals surface area contributed by atoms with Crippen molar-refractivity contribution in [2.45, 2.75) is 45.7 Å². The zero-order chi connectivity index (χ0) is 15.0. The van der Waals surface area contributed by atoms with Crippen LogP contribution in [0.3, 0.4) is 0 Å². The van der Waals surface area contributed by atoms with Crippen LogP contribution >= 0.6 is 11.3 Å². The van der Waals surface area contributed by atoms with Crippen molar-refractivity contribution in [1.82, 2.24) is 14.9 Å². The Balaban J connectivity index is 1.80. The molecule has 0 bridgehead atoms. The summed E-state index contributed by atoms with van der Waals surface area (Å²) in [5, 5.41) is 1.20. The van der Waals surface area contributed by atoms with Gasteiger partial charge in [0.15, 0.2) is 0 Å². The van der Waals surface area contributed by atoms with Crippen LogP contribution in [0.4, 0.5) is 5.82 Å². The van der Waals surface area contributed by atoms with Crippen molar-refractivity contribution in [3.05, 3.63) is 17.3 Å². The van der Waals surface area contributed by atoms with Gasteiger partial charge in [0.2, 0.25) is 0 Å². The quantitative estimate of drug-likeness (QED) is 0.871. The number of likely N-dealkylation sites (tertiary alicyclic amines) is 1. The van der Waals surface area contributed by atoms with Gasteiger partial charge >= 0.3 is 0 Å². The van der Waals surface area contributed by atoms with Gasteiger partial charge in [0.1, 0.15) is 17.0 Å². The van der Waals surface area contributed by atoms with E-state index in [0.29, 0.717) is 12.1 Å². The van der Waals surface area contributed by atoms with Crippen molar-refractivity contribution in [3.63, 3.8) is 0 Å². The summed E-state index contributed by atoms with van der Waals surface area (Å²) in [6.45, 7) is 9.07. The molecule has 0 radical (unpaired) electrons. The molecule has 3 rings (SSSR count). The van der Waals surface area contributed by atoms with E-state index in [1.165, 1.54) is 36.2 Å².